The van der Waals surface area contributed by atoms with Gasteiger partial charge >= 0.3 is 0 Å². The Morgan fingerprint density at radius 2 is 1.78 bits per heavy atom. The number of benzene rings is 3. The molecule has 0 aliphatic heterocycles. The largest absolute Gasteiger partial charge is 0.487 e. The highest BCUT2D eigenvalue weighted by atomic mass is 35.5. The molecule has 32 heavy (non-hydrogen) atoms. The van der Waals surface area contributed by atoms with E-state index in [2.05, 4.69) is 16.0 Å². The van der Waals surface area contributed by atoms with Gasteiger partial charge in [0.25, 0.3) is 0 Å². The van der Waals surface area contributed by atoms with Gasteiger partial charge in [0.2, 0.25) is 0 Å². The van der Waals surface area contributed by atoms with Crippen molar-refractivity contribution in [2.24, 2.45) is 0 Å². The average molecular weight is 460 g/mol. The van der Waals surface area contributed by atoms with E-state index in [-0.39, 0.29) is 6.10 Å². The van der Waals surface area contributed by atoms with Crippen LogP contribution in [0.25, 0.3) is 22.2 Å². The number of hydrogen-bond donors (Lipinski definition) is 0. The molecule has 0 amide bonds. The van der Waals surface area contributed by atoms with E-state index >= 15 is 0 Å². The Morgan fingerprint density at radius 3 is 2.50 bits per heavy atom. The lowest BCUT2D eigenvalue weighted by molar-refractivity contribution is 0.302. The fourth-order valence-corrected chi connectivity index (χ4v) is 3.91. The summed E-state index contributed by atoms with van der Waals surface area (Å²) in [5, 5.41) is 10.8. The van der Waals surface area contributed by atoms with Gasteiger partial charge in [0.05, 0.1) is 33.9 Å². The molecule has 0 radical (unpaired) electrons. The third-order valence-electron chi connectivity index (χ3n) is 5.10. The van der Waals surface area contributed by atoms with Crippen molar-refractivity contribution < 1.29 is 9.47 Å². The molecule has 0 N–H and O–H groups in total. The zero-order valence-electron chi connectivity index (χ0n) is 17.2. The Kier molecular flexibility index (Phi) is 5.60. The number of fused-ring (bicyclic) bond motifs is 1. The molecule has 0 bridgehead atoms. The molecule has 5 nitrogen and oxygen atoms in total. The Hall–Kier alpha value is -3.27. The number of nitrogens with zero attached hydrogens (tertiary/aromatic N) is 3. The van der Waals surface area contributed by atoms with E-state index in [1.165, 1.54) is 0 Å². The number of halogens is 1. The zero-order valence-corrected chi connectivity index (χ0v) is 18.8. The molecule has 1 fully saturated rings. The molecule has 1 heterocycles. The molecule has 3 aromatic carbocycles. The van der Waals surface area contributed by atoms with Crippen LogP contribution in [0, 0.1) is 11.3 Å². The highest BCUT2D eigenvalue weighted by Gasteiger charge is 2.26. The van der Waals surface area contributed by atoms with Crippen molar-refractivity contribution in [2.45, 2.75) is 24.0 Å². The molecule has 1 saturated carbocycles. The lowest BCUT2D eigenvalue weighted by Crippen LogP contribution is -1.99. The minimum absolute atomic E-state index is 0.160. The van der Waals surface area contributed by atoms with E-state index in [9.17, 15) is 5.26 Å². The third-order valence-corrected chi connectivity index (χ3v) is 5.99. The van der Waals surface area contributed by atoms with Crippen LogP contribution in [0.15, 0.2) is 65.8 Å². The van der Waals surface area contributed by atoms with Crippen LogP contribution in [0.2, 0.25) is 5.02 Å². The molecule has 0 spiro atoms. The van der Waals surface area contributed by atoms with Crippen LogP contribution in [0.1, 0.15) is 18.4 Å². The SMILES string of the molecule is CSc1cnc2cc(-c3ccc(Oc4cc(Cl)c(OC5CC5)c(C#N)c4)cc3)ccc2n1. The summed E-state index contributed by atoms with van der Waals surface area (Å²) in [6, 6.07) is 19.3. The molecule has 7 heteroatoms. The molecule has 1 aromatic heterocycles. The number of ether oxygens (including phenoxy) is 2. The summed E-state index contributed by atoms with van der Waals surface area (Å²) in [5.41, 5.74) is 4.19. The summed E-state index contributed by atoms with van der Waals surface area (Å²) in [6.07, 6.45) is 5.92. The van der Waals surface area contributed by atoms with Crippen molar-refractivity contribution in [3.8, 4) is 34.4 Å². The molecule has 0 saturated heterocycles. The average Bonchev–Trinajstić information content (AvgIpc) is 3.64. The Labute approximate surface area is 195 Å². The highest BCUT2D eigenvalue weighted by molar-refractivity contribution is 7.98. The van der Waals surface area contributed by atoms with Gasteiger partial charge < -0.3 is 9.47 Å². The second-order valence-electron chi connectivity index (χ2n) is 7.45. The van der Waals surface area contributed by atoms with Crippen LogP contribution in [0.5, 0.6) is 17.2 Å². The molecule has 158 valence electrons. The van der Waals surface area contributed by atoms with Gasteiger partial charge in [0, 0.05) is 12.1 Å². The van der Waals surface area contributed by atoms with Crippen molar-refractivity contribution >= 4 is 34.4 Å². The van der Waals surface area contributed by atoms with Gasteiger partial charge in [-0.1, -0.05) is 29.8 Å². The van der Waals surface area contributed by atoms with Crippen LogP contribution < -0.4 is 9.47 Å². The van der Waals surface area contributed by atoms with Crippen molar-refractivity contribution in [3.05, 3.63) is 71.4 Å². The lowest BCUT2D eigenvalue weighted by Gasteiger charge is -2.12. The molecule has 5 rings (SSSR count). The lowest BCUT2D eigenvalue weighted by atomic mass is 10.0. The van der Waals surface area contributed by atoms with Crippen LogP contribution in [0.4, 0.5) is 0 Å². The van der Waals surface area contributed by atoms with Crippen molar-refractivity contribution in [3.63, 3.8) is 0 Å². The van der Waals surface area contributed by atoms with E-state index in [1.54, 1.807) is 30.1 Å². The molecular formula is C25H18ClN3O2S. The standard InChI is InChI=1S/C25H18ClN3O2S/c1-32-24-14-28-23-11-16(4-9-22(23)29-24)15-2-5-18(6-3-15)30-20-10-17(13-27)25(21(26)12-20)31-19-7-8-19/h2-6,9-12,14,19H,7-8H2,1H3. The summed E-state index contributed by atoms with van der Waals surface area (Å²) in [5.74, 6) is 1.58. The topological polar surface area (TPSA) is 68.0 Å². The maximum absolute atomic E-state index is 9.48. The van der Waals surface area contributed by atoms with Crippen LogP contribution in [-0.4, -0.2) is 22.3 Å². The number of aromatic nitrogens is 2. The third kappa shape index (κ3) is 4.36. The number of nitriles is 1. The summed E-state index contributed by atoms with van der Waals surface area (Å²) in [6.45, 7) is 0. The first kappa shape index (κ1) is 20.6. The Balaban J connectivity index is 1.36. The van der Waals surface area contributed by atoms with Crippen molar-refractivity contribution in [1.29, 1.82) is 5.26 Å². The number of thioether (sulfide) groups is 1. The normalized spacial score (nSPS) is 13.0. The van der Waals surface area contributed by atoms with Gasteiger partial charge in [-0.15, -0.1) is 11.8 Å². The second kappa shape index (κ2) is 8.70. The van der Waals surface area contributed by atoms with Crippen molar-refractivity contribution in [1.82, 2.24) is 9.97 Å². The first-order valence-electron chi connectivity index (χ1n) is 10.1. The van der Waals surface area contributed by atoms with Gasteiger partial charge in [0.1, 0.15) is 22.6 Å². The molecular weight excluding hydrogens is 442 g/mol. The molecule has 1 aliphatic rings. The summed E-state index contributed by atoms with van der Waals surface area (Å²) in [7, 11) is 0. The Morgan fingerprint density at radius 1 is 1.00 bits per heavy atom. The van der Waals surface area contributed by atoms with Gasteiger partial charge in [-0.2, -0.15) is 5.26 Å². The van der Waals surface area contributed by atoms with E-state index in [0.29, 0.717) is 27.8 Å². The summed E-state index contributed by atoms with van der Waals surface area (Å²) < 4.78 is 11.7. The zero-order chi connectivity index (χ0) is 22.1. The maximum Gasteiger partial charge on any atom is 0.156 e. The first-order valence-corrected chi connectivity index (χ1v) is 11.7. The van der Waals surface area contributed by atoms with Gasteiger partial charge in [0.15, 0.2) is 5.75 Å². The molecule has 4 aromatic rings. The second-order valence-corrected chi connectivity index (χ2v) is 8.69. The predicted octanol–water partition coefficient (Wildman–Crippen LogP) is 6.88. The fraction of sp³-hybridized carbons (Fsp3) is 0.160. The fourth-order valence-electron chi connectivity index (χ4n) is 3.31. The van der Waals surface area contributed by atoms with E-state index < -0.39 is 0 Å². The van der Waals surface area contributed by atoms with E-state index in [0.717, 1.165) is 40.0 Å². The van der Waals surface area contributed by atoms with E-state index in [4.69, 9.17) is 21.1 Å². The minimum Gasteiger partial charge on any atom is -0.487 e. The number of rotatable bonds is 6. The number of hydrogen-bond acceptors (Lipinski definition) is 6. The minimum atomic E-state index is 0.160. The molecule has 0 unspecified atom stereocenters. The van der Waals surface area contributed by atoms with Gasteiger partial charge in [-0.25, -0.2) is 4.98 Å². The van der Waals surface area contributed by atoms with Crippen LogP contribution >= 0.6 is 23.4 Å². The van der Waals surface area contributed by atoms with Crippen LogP contribution in [0.3, 0.4) is 0 Å². The summed E-state index contributed by atoms with van der Waals surface area (Å²) in [4.78, 5) is 9.08. The first-order chi connectivity index (χ1) is 15.6. The smallest absolute Gasteiger partial charge is 0.156 e. The Bertz CT molecular complexity index is 1350. The van der Waals surface area contributed by atoms with E-state index in [1.807, 2.05) is 48.7 Å². The maximum atomic E-state index is 9.48. The molecule has 0 atom stereocenters. The monoisotopic (exact) mass is 459 g/mol. The summed E-state index contributed by atoms with van der Waals surface area (Å²) >= 11 is 7.93. The highest BCUT2D eigenvalue weighted by Crippen LogP contribution is 2.38. The van der Waals surface area contributed by atoms with Gasteiger partial charge in [-0.3, -0.25) is 4.98 Å². The predicted molar refractivity (Wildman–Crippen MR) is 127 cm³/mol. The molecule has 1 aliphatic carbocycles. The quantitative estimate of drug-likeness (QED) is 0.293. The van der Waals surface area contributed by atoms with Crippen LogP contribution in [-0.2, 0) is 0 Å². The van der Waals surface area contributed by atoms with Gasteiger partial charge in [-0.05, 0) is 54.5 Å². The van der Waals surface area contributed by atoms with Crippen molar-refractivity contribution in [2.75, 3.05) is 6.26 Å².